The minimum Gasteiger partial charge on any atom is -0.466 e. The van der Waals surface area contributed by atoms with E-state index in [4.69, 9.17) is 13.8 Å². The molecule has 0 aromatic heterocycles. The number of carbonyl (C=O) groups is 1. The second kappa shape index (κ2) is 6.34. The standard InChI is InChI=1S/C11H19O5P/c1-4-14-11(12)8-10(7-9(2)3)17(13)15-5-6-16-17/h7,9H,4-6,8H2,1-3H3/b10-7+. The third kappa shape index (κ3) is 4.26. The van der Waals surface area contributed by atoms with Gasteiger partial charge < -0.3 is 13.8 Å². The Morgan fingerprint density at radius 2 is 2.00 bits per heavy atom. The molecule has 0 spiro atoms. The molecule has 0 aliphatic carbocycles. The lowest BCUT2D eigenvalue weighted by atomic mass is 10.2. The van der Waals surface area contributed by atoms with Gasteiger partial charge in [-0.25, -0.2) is 0 Å². The highest BCUT2D eigenvalue weighted by atomic mass is 31.2. The zero-order valence-electron chi connectivity index (χ0n) is 10.5. The zero-order valence-corrected chi connectivity index (χ0v) is 11.4. The van der Waals surface area contributed by atoms with Crippen LogP contribution in [0.1, 0.15) is 27.2 Å². The molecule has 1 heterocycles. The second-order valence-corrected chi connectivity index (χ2v) is 6.13. The first kappa shape index (κ1) is 14.4. The van der Waals surface area contributed by atoms with Crippen LogP contribution in [0.4, 0.5) is 0 Å². The van der Waals surface area contributed by atoms with E-state index in [9.17, 15) is 9.36 Å². The Kier molecular flexibility index (Phi) is 5.37. The van der Waals surface area contributed by atoms with E-state index in [-0.39, 0.29) is 12.3 Å². The topological polar surface area (TPSA) is 61.8 Å². The van der Waals surface area contributed by atoms with Gasteiger partial charge in [-0.15, -0.1) is 0 Å². The quantitative estimate of drug-likeness (QED) is 0.563. The molecule has 6 heteroatoms. The average molecular weight is 262 g/mol. The van der Waals surface area contributed by atoms with Crippen LogP contribution < -0.4 is 0 Å². The predicted molar refractivity (Wildman–Crippen MR) is 63.7 cm³/mol. The monoisotopic (exact) mass is 262 g/mol. The van der Waals surface area contributed by atoms with Crippen LogP contribution in [0.3, 0.4) is 0 Å². The second-order valence-electron chi connectivity index (χ2n) is 4.05. The van der Waals surface area contributed by atoms with Gasteiger partial charge in [-0.2, -0.15) is 0 Å². The van der Waals surface area contributed by atoms with Gasteiger partial charge in [-0.1, -0.05) is 19.9 Å². The Morgan fingerprint density at radius 1 is 1.41 bits per heavy atom. The van der Waals surface area contributed by atoms with E-state index >= 15 is 0 Å². The molecule has 0 N–H and O–H groups in total. The maximum Gasteiger partial charge on any atom is 0.357 e. The first-order valence-electron chi connectivity index (χ1n) is 5.74. The van der Waals surface area contributed by atoms with Crippen LogP contribution >= 0.6 is 7.60 Å². The van der Waals surface area contributed by atoms with E-state index < -0.39 is 13.6 Å². The minimum absolute atomic E-state index is 0.0384. The third-order valence-electron chi connectivity index (χ3n) is 2.11. The Bertz CT molecular complexity index is 338. The summed E-state index contributed by atoms with van der Waals surface area (Å²) >= 11 is 0. The van der Waals surface area contributed by atoms with Crippen LogP contribution in [0.15, 0.2) is 11.4 Å². The van der Waals surface area contributed by atoms with Gasteiger partial charge in [0.1, 0.15) is 0 Å². The summed E-state index contributed by atoms with van der Waals surface area (Å²) in [6, 6.07) is 0. The average Bonchev–Trinajstić information content (AvgIpc) is 2.65. The van der Waals surface area contributed by atoms with Crippen molar-refractivity contribution in [3.05, 3.63) is 11.4 Å². The highest BCUT2D eigenvalue weighted by molar-refractivity contribution is 7.58. The van der Waals surface area contributed by atoms with Crippen LogP contribution in [-0.2, 0) is 23.1 Å². The van der Waals surface area contributed by atoms with E-state index in [1.165, 1.54) is 0 Å². The van der Waals surface area contributed by atoms with Gasteiger partial charge in [0, 0.05) is 5.31 Å². The maximum absolute atomic E-state index is 12.3. The number of rotatable bonds is 5. The molecule has 1 aliphatic heterocycles. The van der Waals surface area contributed by atoms with E-state index in [0.29, 0.717) is 25.1 Å². The fourth-order valence-corrected chi connectivity index (χ4v) is 3.35. The summed E-state index contributed by atoms with van der Waals surface area (Å²) in [7, 11) is -3.25. The molecule has 1 saturated heterocycles. The number of allylic oxidation sites excluding steroid dienone is 1. The van der Waals surface area contributed by atoms with Crippen molar-refractivity contribution < 1.29 is 23.1 Å². The number of carbonyl (C=O) groups excluding carboxylic acids is 1. The molecule has 0 atom stereocenters. The molecule has 1 fully saturated rings. The molecule has 17 heavy (non-hydrogen) atoms. The molecule has 0 saturated carbocycles. The summed E-state index contributed by atoms with van der Waals surface area (Å²) < 4.78 is 27.4. The predicted octanol–water partition coefficient (Wildman–Crippen LogP) is 2.72. The lowest BCUT2D eigenvalue weighted by Gasteiger charge is -2.14. The summed E-state index contributed by atoms with van der Waals surface area (Å²) in [4.78, 5) is 11.4. The lowest BCUT2D eigenvalue weighted by molar-refractivity contribution is -0.142. The van der Waals surface area contributed by atoms with Gasteiger partial charge in [0.05, 0.1) is 26.2 Å². The SMILES string of the molecule is CCOC(=O)C/C(=C\C(C)C)P1(=O)OCCO1. The van der Waals surface area contributed by atoms with Gasteiger partial charge in [-0.05, 0) is 12.8 Å². The fraction of sp³-hybridized carbons (Fsp3) is 0.727. The zero-order chi connectivity index (χ0) is 12.9. The van der Waals surface area contributed by atoms with Gasteiger partial charge in [0.25, 0.3) is 0 Å². The molecule has 0 bridgehead atoms. The summed E-state index contributed by atoms with van der Waals surface area (Å²) in [5.41, 5.74) is 0. The van der Waals surface area contributed by atoms with Crippen molar-refractivity contribution in [3.63, 3.8) is 0 Å². The van der Waals surface area contributed by atoms with Crippen LogP contribution in [-0.4, -0.2) is 25.8 Å². The summed E-state index contributed by atoms with van der Waals surface area (Å²) in [6.07, 6.45) is 1.71. The number of hydrogen-bond donors (Lipinski definition) is 0. The van der Waals surface area contributed by atoms with Crippen molar-refractivity contribution in [2.75, 3.05) is 19.8 Å². The molecular formula is C11H19O5P. The van der Waals surface area contributed by atoms with Gasteiger partial charge in [0.15, 0.2) is 0 Å². The van der Waals surface area contributed by atoms with Crippen molar-refractivity contribution >= 4 is 13.6 Å². The molecular weight excluding hydrogens is 243 g/mol. The van der Waals surface area contributed by atoms with Crippen LogP contribution in [0.2, 0.25) is 0 Å². The summed E-state index contributed by atoms with van der Waals surface area (Å²) in [6.45, 7) is 6.51. The fourth-order valence-electron chi connectivity index (χ4n) is 1.51. The Morgan fingerprint density at radius 3 is 2.47 bits per heavy atom. The number of esters is 1. The van der Waals surface area contributed by atoms with Crippen molar-refractivity contribution in [2.24, 2.45) is 5.92 Å². The first-order valence-corrected chi connectivity index (χ1v) is 7.28. The molecule has 1 aliphatic rings. The van der Waals surface area contributed by atoms with Crippen LogP contribution in [0, 0.1) is 5.92 Å². The van der Waals surface area contributed by atoms with Crippen LogP contribution in [0.5, 0.6) is 0 Å². The minimum atomic E-state index is -3.25. The highest BCUT2D eigenvalue weighted by Gasteiger charge is 2.36. The van der Waals surface area contributed by atoms with Gasteiger partial charge in [0.2, 0.25) is 0 Å². The van der Waals surface area contributed by atoms with Gasteiger partial charge in [-0.3, -0.25) is 9.36 Å². The Labute approximate surface area is 102 Å². The molecule has 0 aromatic rings. The Hall–Kier alpha value is -0.640. The number of hydrogen-bond acceptors (Lipinski definition) is 5. The first-order chi connectivity index (χ1) is 7.98. The molecule has 0 radical (unpaired) electrons. The maximum atomic E-state index is 12.3. The van der Waals surface area contributed by atoms with E-state index in [2.05, 4.69) is 0 Å². The van der Waals surface area contributed by atoms with Gasteiger partial charge >= 0.3 is 13.6 Å². The smallest absolute Gasteiger partial charge is 0.357 e. The third-order valence-corrected chi connectivity index (χ3v) is 4.17. The molecule has 0 unspecified atom stereocenters. The molecule has 0 amide bonds. The number of ether oxygens (including phenoxy) is 1. The van der Waals surface area contributed by atoms with Crippen LogP contribution in [0.25, 0.3) is 0 Å². The molecule has 5 nitrogen and oxygen atoms in total. The van der Waals surface area contributed by atoms with E-state index in [0.717, 1.165) is 0 Å². The van der Waals surface area contributed by atoms with E-state index in [1.54, 1.807) is 13.0 Å². The lowest BCUT2D eigenvalue weighted by Crippen LogP contribution is -2.06. The van der Waals surface area contributed by atoms with E-state index in [1.807, 2.05) is 13.8 Å². The molecule has 1 rings (SSSR count). The highest BCUT2D eigenvalue weighted by Crippen LogP contribution is 2.60. The normalized spacial score (nSPS) is 19.6. The van der Waals surface area contributed by atoms with Crippen molar-refractivity contribution in [2.45, 2.75) is 27.2 Å². The molecule has 0 aromatic carbocycles. The summed E-state index contributed by atoms with van der Waals surface area (Å²) in [5, 5.41) is 0.406. The molecule has 98 valence electrons. The van der Waals surface area contributed by atoms with Crippen molar-refractivity contribution in [1.82, 2.24) is 0 Å². The van der Waals surface area contributed by atoms with Crippen molar-refractivity contribution in [1.29, 1.82) is 0 Å². The summed E-state index contributed by atoms with van der Waals surface area (Å²) in [5.74, 6) is -0.244. The largest absolute Gasteiger partial charge is 0.466 e. The Balaban J connectivity index is 2.81. The van der Waals surface area contributed by atoms with Crippen molar-refractivity contribution in [3.8, 4) is 0 Å².